The summed E-state index contributed by atoms with van der Waals surface area (Å²) in [5.74, 6) is -1.96. The van der Waals surface area contributed by atoms with E-state index in [1.165, 1.54) is 6.07 Å². The van der Waals surface area contributed by atoms with Crippen LogP contribution in [0.1, 0.15) is 40.2 Å². The lowest BCUT2D eigenvalue weighted by molar-refractivity contribution is -0.146. The highest BCUT2D eigenvalue weighted by Gasteiger charge is 2.49. The molecule has 0 aliphatic carbocycles. The molecule has 1 aromatic heterocycles. The molecule has 2 aliphatic heterocycles. The Morgan fingerprint density at radius 2 is 2.07 bits per heavy atom. The number of piperidine rings is 1. The smallest absolute Gasteiger partial charge is 0.267 e. The van der Waals surface area contributed by atoms with Gasteiger partial charge in [0.15, 0.2) is 11.6 Å². The summed E-state index contributed by atoms with van der Waals surface area (Å²) in [7, 11) is 0. The Morgan fingerprint density at radius 3 is 2.79 bits per heavy atom. The maximum atomic E-state index is 13.5. The van der Waals surface area contributed by atoms with Gasteiger partial charge in [0.2, 0.25) is 5.91 Å². The number of halogens is 2. The van der Waals surface area contributed by atoms with Crippen LogP contribution in [-0.2, 0) is 11.3 Å². The molecule has 148 valence electrons. The van der Waals surface area contributed by atoms with Crippen molar-refractivity contribution in [2.45, 2.75) is 32.7 Å². The number of aromatic nitrogens is 2. The monoisotopic (exact) mass is 406 g/mol. The minimum absolute atomic E-state index is 0.0158. The normalized spacial score (nSPS) is 22.3. The minimum atomic E-state index is -0.914. The molecule has 0 unspecified atom stereocenters. The molecule has 0 radical (unpaired) electrons. The average molecular weight is 406 g/mol. The van der Waals surface area contributed by atoms with Crippen LogP contribution < -0.4 is 0 Å². The standard InChI is InChI=1S/C19H20F2N4O2S/c1-12-16(28-23-22-12)17(26)25-8-6-19(11-25)5-2-7-24(18(19)27)10-13-3-4-14(20)15(21)9-13/h3-4,9H,2,5-8,10-11H2,1H3/t19-/m0/s1. The van der Waals surface area contributed by atoms with Gasteiger partial charge in [0.05, 0.1) is 11.1 Å². The molecule has 6 nitrogen and oxygen atoms in total. The van der Waals surface area contributed by atoms with Crippen molar-refractivity contribution in [2.24, 2.45) is 5.41 Å². The molecule has 0 bridgehead atoms. The number of benzene rings is 1. The third-order valence-corrected chi connectivity index (χ3v) is 6.48. The van der Waals surface area contributed by atoms with E-state index >= 15 is 0 Å². The number of carbonyl (C=O) groups is 2. The van der Waals surface area contributed by atoms with Crippen LogP contribution in [0.25, 0.3) is 0 Å². The Bertz CT molecular complexity index is 934. The quantitative estimate of drug-likeness (QED) is 0.786. The predicted octanol–water partition coefficient (Wildman–Crippen LogP) is 2.78. The Hall–Kier alpha value is -2.42. The molecule has 2 aromatic rings. The number of aryl methyl sites for hydroxylation is 1. The van der Waals surface area contributed by atoms with Gasteiger partial charge in [-0.3, -0.25) is 9.59 Å². The number of rotatable bonds is 3. The third kappa shape index (κ3) is 3.28. The third-order valence-electron chi connectivity index (χ3n) is 5.67. The maximum Gasteiger partial charge on any atom is 0.267 e. The molecule has 28 heavy (non-hydrogen) atoms. The summed E-state index contributed by atoms with van der Waals surface area (Å²) in [5, 5.41) is 3.89. The van der Waals surface area contributed by atoms with Crippen LogP contribution in [0.15, 0.2) is 18.2 Å². The Morgan fingerprint density at radius 1 is 1.25 bits per heavy atom. The van der Waals surface area contributed by atoms with Crippen molar-refractivity contribution in [1.29, 1.82) is 0 Å². The Kier molecular flexibility index (Phi) is 4.86. The van der Waals surface area contributed by atoms with Gasteiger partial charge < -0.3 is 9.80 Å². The molecule has 0 saturated carbocycles. The highest BCUT2D eigenvalue weighted by molar-refractivity contribution is 7.07. The summed E-state index contributed by atoms with van der Waals surface area (Å²) >= 11 is 1.07. The summed E-state index contributed by atoms with van der Waals surface area (Å²) in [6.07, 6.45) is 2.15. The topological polar surface area (TPSA) is 66.4 Å². The molecule has 0 N–H and O–H groups in total. The molecule has 2 fully saturated rings. The second kappa shape index (κ2) is 7.20. The van der Waals surface area contributed by atoms with Crippen molar-refractivity contribution < 1.29 is 18.4 Å². The zero-order valence-electron chi connectivity index (χ0n) is 15.5. The van der Waals surface area contributed by atoms with Crippen LogP contribution in [0, 0.1) is 24.0 Å². The van der Waals surface area contributed by atoms with E-state index in [0.717, 1.165) is 36.5 Å². The molecular weight excluding hydrogens is 386 g/mol. The first-order valence-electron chi connectivity index (χ1n) is 9.21. The van der Waals surface area contributed by atoms with Crippen molar-refractivity contribution in [3.8, 4) is 0 Å². The molecule has 2 amide bonds. The maximum absolute atomic E-state index is 13.5. The van der Waals surface area contributed by atoms with E-state index in [2.05, 4.69) is 9.59 Å². The van der Waals surface area contributed by atoms with Gasteiger partial charge in [0.1, 0.15) is 4.88 Å². The van der Waals surface area contributed by atoms with E-state index < -0.39 is 17.0 Å². The van der Waals surface area contributed by atoms with Crippen LogP contribution in [0.5, 0.6) is 0 Å². The Labute approximate surface area is 165 Å². The zero-order valence-corrected chi connectivity index (χ0v) is 16.3. The second-order valence-corrected chi connectivity index (χ2v) is 8.28. The summed E-state index contributed by atoms with van der Waals surface area (Å²) < 4.78 is 30.5. The number of hydrogen-bond donors (Lipinski definition) is 0. The fourth-order valence-corrected chi connectivity index (χ4v) is 4.78. The largest absolute Gasteiger partial charge is 0.338 e. The highest BCUT2D eigenvalue weighted by atomic mass is 32.1. The lowest BCUT2D eigenvalue weighted by atomic mass is 9.78. The van der Waals surface area contributed by atoms with E-state index in [4.69, 9.17) is 0 Å². The number of amides is 2. The van der Waals surface area contributed by atoms with E-state index in [9.17, 15) is 18.4 Å². The number of nitrogens with zero attached hydrogens (tertiary/aromatic N) is 4. The second-order valence-electron chi connectivity index (χ2n) is 7.52. The minimum Gasteiger partial charge on any atom is -0.338 e. The highest BCUT2D eigenvalue weighted by Crippen LogP contribution is 2.41. The van der Waals surface area contributed by atoms with Crippen LogP contribution >= 0.6 is 11.5 Å². The first kappa shape index (κ1) is 18.9. The van der Waals surface area contributed by atoms with Gasteiger partial charge in [-0.25, -0.2) is 8.78 Å². The van der Waals surface area contributed by atoms with E-state index in [-0.39, 0.29) is 18.4 Å². The van der Waals surface area contributed by atoms with E-state index in [1.54, 1.807) is 16.7 Å². The molecule has 2 saturated heterocycles. The van der Waals surface area contributed by atoms with Crippen molar-refractivity contribution in [1.82, 2.24) is 19.4 Å². The van der Waals surface area contributed by atoms with Gasteiger partial charge in [-0.1, -0.05) is 10.6 Å². The van der Waals surface area contributed by atoms with Crippen LogP contribution in [0.3, 0.4) is 0 Å². The molecule has 1 aromatic carbocycles. The number of carbonyl (C=O) groups excluding carboxylic acids is 2. The molecule has 1 spiro atoms. The summed E-state index contributed by atoms with van der Waals surface area (Å²) in [4.78, 5) is 29.9. The SMILES string of the molecule is Cc1nnsc1C(=O)N1CC[C@@]2(CCCN(Cc3ccc(F)c(F)c3)C2=O)C1. The van der Waals surface area contributed by atoms with Crippen molar-refractivity contribution >= 4 is 23.3 Å². The van der Waals surface area contributed by atoms with Gasteiger partial charge in [-0.05, 0) is 55.4 Å². The molecule has 4 rings (SSSR count). The predicted molar refractivity (Wildman–Crippen MR) is 98.6 cm³/mol. The molecule has 2 aliphatic rings. The average Bonchev–Trinajstić information content (AvgIpc) is 3.29. The summed E-state index contributed by atoms with van der Waals surface area (Å²) in [6, 6.07) is 3.71. The van der Waals surface area contributed by atoms with Crippen LogP contribution in [-0.4, -0.2) is 50.8 Å². The Balaban J connectivity index is 1.49. The lowest BCUT2D eigenvalue weighted by Crippen LogP contribution is -2.50. The van der Waals surface area contributed by atoms with Gasteiger partial charge >= 0.3 is 0 Å². The van der Waals surface area contributed by atoms with Crippen molar-refractivity contribution in [3.63, 3.8) is 0 Å². The number of likely N-dealkylation sites (tertiary alicyclic amines) is 2. The van der Waals surface area contributed by atoms with Gasteiger partial charge in [-0.2, -0.15) is 0 Å². The first-order valence-corrected chi connectivity index (χ1v) is 9.98. The van der Waals surface area contributed by atoms with E-state index in [0.29, 0.717) is 42.2 Å². The van der Waals surface area contributed by atoms with E-state index in [1.807, 2.05) is 0 Å². The summed E-state index contributed by atoms with van der Waals surface area (Å²) in [6.45, 7) is 3.45. The summed E-state index contributed by atoms with van der Waals surface area (Å²) in [5.41, 5.74) is 0.561. The van der Waals surface area contributed by atoms with Crippen molar-refractivity contribution in [2.75, 3.05) is 19.6 Å². The lowest BCUT2D eigenvalue weighted by Gasteiger charge is -2.39. The van der Waals surface area contributed by atoms with Crippen molar-refractivity contribution in [3.05, 3.63) is 46.0 Å². The molecular formula is C19H20F2N4O2S. The zero-order chi connectivity index (χ0) is 19.9. The molecule has 9 heteroatoms. The van der Waals surface area contributed by atoms with Gasteiger partial charge in [0, 0.05) is 26.2 Å². The molecule has 3 heterocycles. The fraction of sp³-hybridized carbons (Fsp3) is 0.474. The van der Waals surface area contributed by atoms with Crippen LogP contribution in [0.2, 0.25) is 0 Å². The fourth-order valence-electron chi connectivity index (χ4n) is 4.16. The van der Waals surface area contributed by atoms with Gasteiger partial charge in [-0.15, -0.1) is 5.10 Å². The van der Waals surface area contributed by atoms with Crippen LogP contribution in [0.4, 0.5) is 8.78 Å². The number of hydrogen-bond acceptors (Lipinski definition) is 5. The van der Waals surface area contributed by atoms with Gasteiger partial charge in [0.25, 0.3) is 5.91 Å². The first-order chi connectivity index (χ1) is 13.4. The molecule has 1 atom stereocenters.